The summed E-state index contributed by atoms with van der Waals surface area (Å²) >= 11 is 4.69. The number of nitrogens with two attached hydrogens (primary N) is 1. The van der Waals surface area contributed by atoms with E-state index in [1.807, 2.05) is 6.07 Å². The molecule has 0 bridgehead atoms. The summed E-state index contributed by atoms with van der Waals surface area (Å²) in [5.74, 6) is 0. The summed E-state index contributed by atoms with van der Waals surface area (Å²) in [5.41, 5.74) is 5.98. The molecule has 2 N–H and O–H groups in total. The number of benzene rings is 1. The standard InChI is InChI=1S/C11H8BrN3O2S/c12-10-2-1-3-14-11(10)18-9-5-7(13)4-8(6-9)15(16)17/h1-6H,13H2. The van der Waals surface area contributed by atoms with Crippen LogP contribution in [0.1, 0.15) is 0 Å². The molecule has 1 aromatic heterocycles. The van der Waals surface area contributed by atoms with Crippen molar-refractivity contribution >= 4 is 39.1 Å². The van der Waals surface area contributed by atoms with Gasteiger partial charge in [0.25, 0.3) is 5.69 Å². The van der Waals surface area contributed by atoms with Crippen LogP contribution in [-0.2, 0) is 0 Å². The summed E-state index contributed by atoms with van der Waals surface area (Å²) in [5, 5.41) is 11.5. The Hall–Kier alpha value is -1.60. The summed E-state index contributed by atoms with van der Waals surface area (Å²) < 4.78 is 0.833. The number of halogens is 1. The quantitative estimate of drug-likeness (QED) is 0.530. The number of nitro groups is 1. The van der Waals surface area contributed by atoms with Crippen LogP contribution in [0.2, 0.25) is 0 Å². The van der Waals surface area contributed by atoms with Gasteiger partial charge in [-0.3, -0.25) is 10.1 Å². The maximum atomic E-state index is 10.7. The summed E-state index contributed by atoms with van der Waals surface area (Å²) in [4.78, 5) is 15.1. The summed E-state index contributed by atoms with van der Waals surface area (Å²) in [6.07, 6.45) is 1.66. The number of nitro benzene ring substituents is 1. The first-order chi connectivity index (χ1) is 8.56. The van der Waals surface area contributed by atoms with Crippen molar-refractivity contribution < 1.29 is 4.92 Å². The van der Waals surface area contributed by atoms with Crippen LogP contribution >= 0.6 is 27.7 Å². The lowest BCUT2D eigenvalue weighted by Gasteiger charge is -2.04. The summed E-state index contributed by atoms with van der Waals surface area (Å²) in [6, 6.07) is 8.14. The van der Waals surface area contributed by atoms with Crippen molar-refractivity contribution in [3.05, 3.63) is 51.1 Å². The van der Waals surface area contributed by atoms with Crippen molar-refractivity contribution in [2.24, 2.45) is 0 Å². The summed E-state index contributed by atoms with van der Waals surface area (Å²) in [6.45, 7) is 0. The minimum atomic E-state index is -0.464. The molecule has 18 heavy (non-hydrogen) atoms. The molecular formula is C11H8BrN3O2S. The zero-order chi connectivity index (χ0) is 13.1. The Morgan fingerprint density at radius 3 is 2.83 bits per heavy atom. The first-order valence-electron chi connectivity index (χ1n) is 4.89. The normalized spacial score (nSPS) is 10.3. The van der Waals surface area contributed by atoms with Gasteiger partial charge in [0, 0.05) is 28.9 Å². The van der Waals surface area contributed by atoms with E-state index in [2.05, 4.69) is 20.9 Å². The largest absolute Gasteiger partial charge is 0.398 e. The Bertz CT molecular complexity index is 607. The number of nitrogens with zero attached hydrogens (tertiary/aromatic N) is 2. The molecule has 0 atom stereocenters. The predicted molar refractivity (Wildman–Crippen MR) is 73.6 cm³/mol. The van der Waals surface area contributed by atoms with Gasteiger partial charge in [0.15, 0.2) is 0 Å². The molecule has 2 aromatic rings. The van der Waals surface area contributed by atoms with E-state index in [1.54, 1.807) is 18.3 Å². The molecule has 0 spiro atoms. The fraction of sp³-hybridized carbons (Fsp3) is 0. The Labute approximate surface area is 116 Å². The number of rotatable bonds is 3. The van der Waals surface area contributed by atoms with Crippen molar-refractivity contribution in [3.63, 3.8) is 0 Å². The van der Waals surface area contributed by atoms with Gasteiger partial charge in [0.2, 0.25) is 0 Å². The highest BCUT2D eigenvalue weighted by Crippen LogP contribution is 2.34. The van der Waals surface area contributed by atoms with Crippen LogP contribution in [0.5, 0.6) is 0 Å². The minimum absolute atomic E-state index is 0.0236. The molecule has 92 valence electrons. The average molecular weight is 326 g/mol. The molecule has 0 fully saturated rings. The Kier molecular flexibility index (Phi) is 3.83. The second kappa shape index (κ2) is 5.36. The third-order valence-corrected chi connectivity index (χ3v) is 3.96. The fourth-order valence-corrected chi connectivity index (χ4v) is 2.70. The highest BCUT2D eigenvalue weighted by Gasteiger charge is 2.11. The van der Waals surface area contributed by atoms with Crippen molar-refractivity contribution in [1.82, 2.24) is 4.98 Å². The first kappa shape index (κ1) is 12.8. The van der Waals surface area contributed by atoms with E-state index >= 15 is 0 Å². The van der Waals surface area contributed by atoms with E-state index in [0.29, 0.717) is 10.6 Å². The Morgan fingerprint density at radius 2 is 2.17 bits per heavy atom. The van der Waals surface area contributed by atoms with E-state index in [-0.39, 0.29) is 5.69 Å². The van der Waals surface area contributed by atoms with E-state index in [0.717, 1.165) is 9.50 Å². The first-order valence-corrected chi connectivity index (χ1v) is 6.50. The lowest BCUT2D eigenvalue weighted by molar-refractivity contribution is -0.385. The second-order valence-corrected chi connectivity index (χ2v) is 5.33. The Morgan fingerprint density at radius 1 is 1.39 bits per heavy atom. The number of aromatic nitrogens is 1. The van der Waals surface area contributed by atoms with E-state index in [9.17, 15) is 10.1 Å². The van der Waals surface area contributed by atoms with Gasteiger partial charge in [0.1, 0.15) is 5.03 Å². The molecule has 0 amide bonds. The number of hydrogen-bond donors (Lipinski definition) is 1. The number of hydrogen-bond acceptors (Lipinski definition) is 5. The van der Waals surface area contributed by atoms with Gasteiger partial charge in [-0.2, -0.15) is 0 Å². The smallest absolute Gasteiger partial charge is 0.272 e. The molecule has 0 saturated heterocycles. The van der Waals surface area contributed by atoms with Gasteiger partial charge in [-0.05, 0) is 34.1 Å². The highest BCUT2D eigenvalue weighted by atomic mass is 79.9. The number of nitrogen functional groups attached to an aromatic ring is 1. The molecule has 0 aliphatic heterocycles. The molecule has 0 saturated carbocycles. The molecule has 1 aromatic carbocycles. The predicted octanol–water partition coefficient (Wildman–Crippen LogP) is 3.49. The molecule has 0 unspecified atom stereocenters. The van der Waals surface area contributed by atoms with Crippen molar-refractivity contribution in [3.8, 4) is 0 Å². The SMILES string of the molecule is Nc1cc(Sc2ncccc2Br)cc([N+](=O)[O-])c1. The topological polar surface area (TPSA) is 82.0 Å². The van der Waals surface area contributed by atoms with Crippen LogP contribution in [0.25, 0.3) is 0 Å². The van der Waals surface area contributed by atoms with Crippen LogP contribution < -0.4 is 5.73 Å². The van der Waals surface area contributed by atoms with Gasteiger partial charge >= 0.3 is 0 Å². The molecule has 0 aliphatic carbocycles. The third kappa shape index (κ3) is 2.99. The maximum absolute atomic E-state index is 10.7. The molecule has 5 nitrogen and oxygen atoms in total. The van der Waals surface area contributed by atoms with Crippen LogP contribution in [-0.4, -0.2) is 9.91 Å². The number of non-ortho nitro benzene ring substituents is 1. The van der Waals surface area contributed by atoms with Crippen molar-refractivity contribution in [2.45, 2.75) is 9.92 Å². The van der Waals surface area contributed by atoms with Crippen LogP contribution in [0.4, 0.5) is 11.4 Å². The molecular weight excluding hydrogens is 318 g/mol. The Balaban J connectivity index is 2.35. The summed E-state index contributed by atoms with van der Waals surface area (Å²) in [7, 11) is 0. The van der Waals surface area contributed by atoms with Gasteiger partial charge in [-0.25, -0.2) is 4.98 Å². The van der Waals surface area contributed by atoms with Crippen LogP contribution in [0.15, 0.2) is 50.9 Å². The fourth-order valence-electron chi connectivity index (χ4n) is 1.33. The molecule has 1 heterocycles. The molecule has 2 rings (SSSR count). The average Bonchev–Trinajstić information content (AvgIpc) is 2.31. The van der Waals surface area contributed by atoms with E-state index in [1.165, 1.54) is 23.9 Å². The van der Waals surface area contributed by atoms with Gasteiger partial charge in [-0.1, -0.05) is 11.8 Å². The number of pyridine rings is 1. The lowest BCUT2D eigenvalue weighted by Crippen LogP contribution is -1.92. The third-order valence-electron chi connectivity index (χ3n) is 2.06. The zero-order valence-electron chi connectivity index (χ0n) is 9.04. The number of anilines is 1. The van der Waals surface area contributed by atoms with E-state index < -0.39 is 4.92 Å². The zero-order valence-corrected chi connectivity index (χ0v) is 11.4. The second-order valence-electron chi connectivity index (χ2n) is 3.41. The van der Waals surface area contributed by atoms with Crippen molar-refractivity contribution in [2.75, 3.05) is 5.73 Å². The monoisotopic (exact) mass is 325 g/mol. The molecule has 0 aliphatic rings. The van der Waals surface area contributed by atoms with Gasteiger partial charge in [0.05, 0.1) is 9.40 Å². The van der Waals surface area contributed by atoms with Gasteiger partial charge < -0.3 is 5.73 Å². The van der Waals surface area contributed by atoms with Crippen LogP contribution in [0.3, 0.4) is 0 Å². The minimum Gasteiger partial charge on any atom is -0.398 e. The van der Waals surface area contributed by atoms with E-state index in [4.69, 9.17) is 5.73 Å². The lowest BCUT2D eigenvalue weighted by atomic mass is 10.3. The van der Waals surface area contributed by atoms with Crippen LogP contribution in [0, 0.1) is 10.1 Å². The molecule has 0 radical (unpaired) electrons. The van der Waals surface area contributed by atoms with Crippen molar-refractivity contribution in [1.29, 1.82) is 0 Å². The highest BCUT2D eigenvalue weighted by molar-refractivity contribution is 9.10. The van der Waals surface area contributed by atoms with Gasteiger partial charge in [-0.15, -0.1) is 0 Å². The molecule has 7 heteroatoms. The maximum Gasteiger partial charge on any atom is 0.272 e.